The maximum atomic E-state index is 4.37. The van der Waals surface area contributed by atoms with E-state index in [-0.39, 0.29) is 0 Å². The standard InChI is InChI=1S/C15H17BrN2S/c1-3-17-11(2)13-10-12(16)7-8-14(13)19-15-6-4-5-9-18-15/h4-11,17H,3H2,1-2H3. The van der Waals surface area contributed by atoms with E-state index in [4.69, 9.17) is 0 Å². The zero-order chi connectivity index (χ0) is 13.7. The molecule has 0 aliphatic rings. The quantitative estimate of drug-likeness (QED) is 0.858. The Balaban J connectivity index is 2.29. The van der Waals surface area contributed by atoms with Crippen molar-refractivity contribution in [1.29, 1.82) is 0 Å². The van der Waals surface area contributed by atoms with Crippen molar-refractivity contribution >= 4 is 27.7 Å². The van der Waals surface area contributed by atoms with E-state index in [1.54, 1.807) is 11.8 Å². The molecule has 2 aromatic rings. The minimum Gasteiger partial charge on any atom is -0.310 e. The third kappa shape index (κ3) is 4.06. The van der Waals surface area contributed by atoms with Gasteiger partial charge in [0.2, 0.25) is 0 Å². The Labute approximate surface area is 127 Å². The Morgan fingerprint density at radius 2 is 2.16 bits per heavy atom. The average molecular weight is 337 g/mol. The molecule has 0 saturated carbocycles. The van der Waals surface area contributed by atoms with Gasteiger partial charge >= 0.3 is 0 Å². The van der Waals surface area contributed by atoms with E-state index in [9.17, 15) is 0 Å². The molecular weight excluding hydrogens is 320 g/mol. The van der Waals surface area contributed by atoms with E-state index in [0.29, 0.717) is 6.04 Å². The SMILES string of the molecule is CCNC(C)c1cc(Br)ccc1Sc1ccccn1. The second-order valence-electron chi connectivity index (χ2n) is 4.23. The Kier molecular flexibility index (Phi) is 5.43. The van der Waals surface area contributed by atoms with Crippen molar-refractivity contribution < 1.29 is 0 Å². The topological polar surface area (TPSA) is 24.9 Å². The minimum absolute atomic E-state index is 0.328. The van der Waals surface area contributed by atoms with Crippen LogP contribution in [0.2, 0.25) is 0 Å². The van der Waals surface area contributed by atoms with Crippen molar-refractivity contribution in [2.24, 2.45) is 0 Å². The van der Waals surface area contributed by atoms with Gasteiger partial charge < -0.3 is 5.32 Å². The molecule has 0 spiro atoms. The van der Waals surface area contributed by atoms with Gasteiger partial charge in [0.25, 0.3) is 0 Å². The van der Waals surface area contributed by atoms with Gasteiger partial charge in [-0.1, -0.05) is 40.7 Å². The van der Waals surface area contributed by atoms with Gasteiger partial charge in [0.05, 0.1) is 0 Å². The van der Waals surface area contributed by atoms with Crippen molar-refractivity contribution in [3.05, 3.63) is 52.6 Å². The van der Waals surface area contributed by atoms with Gasteiger partial charge in [0.15, 0.2) is 0 Å². The van der Waals surface area contributed by atoms with Crippen LogP contribution in [0.3, 0.4) is 0 Å². The largest absolute Gasteiger partial charge is 0.310 e. The van der Waals surface area contributed by atoms with Crippen LogP contribution >= 0.6 is 27.7 Å². The number of pyridine rings is 1. The molecule has 0 aliphatic heterocycles. The monoisotopic (exact) mass is 336 g/mol. The number of nitrogens with zero attached hydrogens (tertiary/aromatic N) is 1. The molecule has 19 heavy (non-hydrogen) atoms. The molecule has 0 aliphatic carbocycles. The molecule has 1 aromatic carbocycles. The number of hydrogen-bond donors (Lipinski definition) is 1. The van der Waals surface area contributed by atoms with E-state index in [0.717, 1.165) is 16.0 Å². The molecule has 2 nitrogen and oxygen atoms in total. The zero-order valence-corrected chi connectivity index (χ0v) is 13.5. The first-order valence-electron chi connectivity index (χ1n) is 6.32. The van der Waals surface area contributed by atoms with Gasteiger partial charge in [-0.3, -0.25) is 0 Å². The van der Waals surface area contributed by atoms with Gasteiger partial charge in [-0.15, -0.1) is 0 Å². The fourth-order valence-electron chi connectivity index (χ4n) is 1.89. The summed E-state index contributed by atoms with van der Waals surface area (Å²) in [5.41, 5.74) is 1.30. The molecule has 2 rings (SSSR count). The summed E-state index contributed by atoms with van der Waals surface area (Å²) < 4.78 is 1.11. The molecule has 0 saturated heterocycles. The van der Waals surface area contributed by atoms with E-state index >= 15 is 0 Å². The van der Waals surface area contributed by atoms with Crippen LogP contribution in [0.25, 0.3) is 0 Å². The molecule has 0 fully saturated rings. The average Bonchev–Trinajstić information content (AvgIpc) is 2.42. The summed E-state index contributed by atoms with van der Waals surface area (Å²) in [5, 5.41) is 4.48. The van der Waals surface area contributed by atoms with Gasteiger partial charge in [-0.05, 0) is 49.4 Å². The molecule has 1 unspecified atom stereocenters. The van der Waals surface area contributed by atoms with Crippen LogP contribution in [0.1, 0.15) is 25.5 Å². The highest BCUT2D eigenvalue weighted by molar-refractivity contribution is 9.10. The number of nitrogens with one attached hydrogen (secondary N) is 1. The first-order valence-corrected chi connectivity index (χ1v) is 7.93. The normalized spacial score (nSPS) is 12.4. The van der Waals surface area contributed by atoms with E-state index in [2.05, 4.69) is 58.3 Å². The van der Waals surface area contributed by atoms with Gasteiger partial charge in [0, 0.05) is 21.6 Å². The van der Waals surface area contributed by atoms with Crippen LogP contribution in [-0.4, -0.2) is 11.5 Å². The van der Waals surface area contributed by atoms with Crippen LogP contribution in [0.5, 0.6) is 0 Å². The molecule has 1 aromatic heterocycles. The Morgan fingerprint density at radius 3 is 2.84 bits per heavy atom. The number of halogens is 1. The van der Waals surface area contributed by atoms with Gasteiger partial charge in [0.1, 0.15) is 5.03 Å². The third-order valence-electron chi connectivity index (χ3n) is 2.80. The smallest absolute Gasteiger partial charge is 0.101 e. The van der Waals surface area contributed by atoms with Crippen LogP contribution in [0.15, 0.2) is 57.0 Å². The summed E-state index contributed by atoms with van der Waals surface area (Å²) in [6, 6.07) is 12.7. The Bertz CT molecular complexity index is 531. The lowest BCUT2D eigenvalue weighted by Gasteiger charge is -2.17. The summed E-state index contributed by atoms with van der Waals surface area (Å²) in [6.45, 7) is 5.27. The highest BCUT2D eigenvalue weighted by Gasteiger charge is 2.11. The molecule has 1 heterocycles. The van der Waals surface area contributed by atoms with Gasteiger partial charge in [-0.2, -0.15) is 0 Å². The van der Waals surface area contributed by atoms with E-state index in [1.165, 1.54) is 10.5 Å². The fourth-order valence-corrected chi connectivity index (χ4v) is 3.24. The Hall–Kier alpha value is -0.840. The summed E-state index contributed by atoms with van der Waals surface area (Å²) in [7, 11) is 0. The maximum absolute atomic E-state index is 4.37. The lowest BCUT2D eigenvalue weighted by Crippen LogP contribution is -2.18. The predicted octanol–water partition coefficient (Wildman–Crippen LogP) is 4.67. The van der Waals surface area contributed by atoms with E-state index < -0.39 is 0 Å². The maximum Gasteiger partial charge on any atom is 0.101 e. The number of rotatable bonds is 5. The summed E-state index contributed by atoms with van der Waals surface area (Å²) in [5.74, 6) is 0. The molecule has 100 valence electrons. The minimum atomic E-state index is 0.328. The number of hydrogen-bond acceptors (Lipinski definition) is 3. The van der Waals surface area contributed by atoms with E-state index in [1.807, 2.05) is 24.4 Å². The molecule has 0 radical (unpaired) electrons. The predicted molar refractivity (Wildman–Crippen MR) is 84.6 cm³/mol. The van der Waals surface area contributed by atoms with Crippen LogP contribution in [0, 0.1) is 0 Å². The second kappa shape index (κ2) is 7.08. The zero-order valence-electron chi connectivity index (χ0n) is 11.1. The molecule has 1 atom stereocenters. The van der Waals surface area contributed by atoms with Crippen molar-refractivity contribution in [2.75, 3.05) is 6.54 Å². The highest BCUT2D eigenvalue weighted by atomic mass is 79.9. The molecule has 0 amide bonds. The first-order chi connectivity index (χ1) is 9.20. The van der Waals surface area contributed by atoms with Gasteiger partial charge in [-0.25, -0.2) is 4.98 Å². The lowest BCUT2D eigenvalue weighted by atomic mass is 10.1. The molecular formula is C15H17BrN2S. The van der Waals surface area contributed by atoms with Crippen LogP contribution in [0.4, 0.5) is 0 Å². The summed E-state index contributed by atoms with van der Waals surface area (Å²) >= 11 is 5.25. The first kappa shape index (κ1) is 14.6. The molecule has 0 bridgehead atoms. The second-order valence-corrected chi connectivity index (χ2v) is 6.21. The molecule has 4 heteroatoms. The van der Waals surface area contributed by atoms with Crippen molar-refractivity contribution in [2.45, 2.75) is 29.8 Å². The fraction of sp³-hybridized carbons (Fsp3) is 0.267. The summed E-state index contributed by atoms with van der Waals surface area (Å²) in [6.07, 6.45) is 1.83. The van der Waals surface area contributed by atoms with Crippen LogP contribution < -0.4 is 5.32 Å². The van der Waals surface area contributed by atoms with Crippen LogP contribution in [-0.2, 0) is 0 Å². The van der Waals surface area contributed by atoms with Crippen molar-refractivity contribution in [3.63, 3.8) is 0 Å². The Morgan fingerprint density at radius 1 is 1.32 bits per heavy atom. The third-order valence-corrected chi connectivity index (χ3v) is 4.34. The number of aromatic nitrogens is 1. The summed E-state index contributed by atoms with van der Waals surface area (Å²) in [4.78, 5) is 5.62. The molecule has 1 N–H and O–H groups in total. The number of benzene rings is 1. The lowest BCUT2D eigenvalue weighted by molar-refractivity contribution is 0.589. The highest BCUT2D eigenvalue weighted by Crippen LogP contribution is 2.33. The van der Waals surface area contributed by atoms with Crippen molar-refractivity contribution in [1.82, 2.24) is 10.3 Å². The van der Waals surface area contributed by atoms with Crippen molar-refractivity contribution in [3.8, 4) is 0 Å².